The quantitative estimate of drug-likeness (QED) is 0.846. The van der Waals surface area contributed by atoms with E-state index in [0.717, 1.165) is 48.3 Å². The van der Waals surface area contributed by atoms with E-state index >= 15 is 0 Å². The minimum absolute atomic E-state index is 0. The monoisotopic (exact) mass is 382 g/mol. The summed E-state index contributed by atoms with van der Waals surface area (Å²) < 4.78 is 0. The summed E-state index contributed by atoms with van der Waals surface area (Å²) in [4.78, 5) is 18.1. The van der Waals surface area contributed by atoms with Gasteiger partial charge in [0.15, 0.2) is 0 Å². The zero-order valence-corrected chi connectivity index (χ0v) is 16.0. The van der Waals surface area contributed by atoms with E-state index in [9.17, 15) is 4.79 Å². The Kier molecular flexibility index (Phi) is 6.49. The molecule has 3 rings (SSSR count). The van der Waals surface area contributed by atoms with Gasteiger partial charge in [-0.05, 0) is 31.4 Å². The first-order valence-corrected chi connectivity index (χ1v) is 8.67. The van der Waals surface area contributed by atoms with Crippen LogP contribution in [0.2, 0.25) is 5.02 Å². The van der Waals surface area contributed by atoms with Crippen molar-refractivity contribution in [2.45, 2.75) is 26.3 Å². The number of benzene rings is 1. The Labute approximate surface area is 159 Å². The molecule has 7 heteroatoms. The first-order chi connectivity index (χ1) is 11.5. The molecule has 0 unspecified atom stereocenters. The molecule has 2 heterocycles. The second-order valence-electron chi connectivity index (χ2n) is 6.53. The number of nitrogens with one attached hydrogen (secondary N) is 1. The van der Waals surface area contributed by atoms with Crippen LogP contribution in [0.5, 0.6) is 0 Å². The molecule has 0 radical (unpaired) electrons. The Bertz CT molecular complexity index is 766. The molecule has 0 saturated carbocycles. The third-order valence-electron chi connectivity index (χ3n) is 4.61. The van der Waals surface area contributed by atoms with Crippen molar-refractivity contribution >= 4 is 46.6 Å². The smallest absolute Gasteiger partial charge is 0.219 e. The highest BCUT2D eigenvalue weighted by Gasteiger charge is 2.24. The molecule has 1 aromatic heterocycles. The maximum absolute atomic E-state index is 11.5. The van der Waals surface area contributed by atoms with Crippen LogP contribution in [0.4, 0.5) is 5.82 Å². The van der Waals surface area contributed by atoms with Gasteiger partial charge in [-0.2, -0.15) is 0 Å². The number of nitrogens with two attached hydrogens (primary N) is 1. The summed E-state index contributed by atoms with van der Waals surface area (Å²) >= 11 is 6.28. The van der Waals surface area contributed by atoms with Crippen molar-refractivity contribution in [2.24, 2.45) is 11.7 Å². The Morgan fingerprint density at radius 3 is 2.92 bits per heavy atom. The lowest BCUT2D eigenvalue weighted by atomic mass is 10.1. The number of carbonyl (C=O) groups excluding carboxylic acids is 1. The second kappa shape index (κ2) is 8.21. The molecular formula is C18H24Cl2N4O. The Morgan fingerprint density at radius 2 is 2.28 bits per heavy atom. The number of nitrogens with zero attached hydrogens (tertiary/aromatic N) is 2. The van der Waals surface area contributed by atoms with E-state index in [1.54, 1.807) is 6.92 Å². The third-order valence-corrected chi connectivity index (χ3v) is 4.91. The van der Waals surface area contributed by atoms with Crippen LogP contribution >= 0.6 is 24.0 Å². The topological polar surface area (TPSA) is 71.2 Å². The fraction of sp³-hybridized carbons (Fsp3) is 0.444. The highest BCUT2D eigenvalue weighted by atomic mass is 35.5. The summed E-state index contributed by atoms with van der Waals surface area (Å²) in [6.07, 6.45) is 1.01. The Balaban J connectivity index is 0.00000225. The molecule has 1 saturated heterocycles. The van der Waals surface area contributed by atoms with Gasteiger partial charge >= 0.3 is 0 Å². The molecule has 3 N–H and O–H groups in total. The second-order valence-corrected chi connectivity index (χ2v) is 6.93. The molecule has 2 aromatic rings. The molecule has 1 aliphatic heterocycles. The number of aromatic nitrogens is 1. The van der Waals surface area contributed by atoms with Gasteiger partial charge in [0.25, 0.3) is 0 Å². The van der Waals surface area contributed by atoms with Crippen molar-refractivity contribution in [1.82, 2.24) is 9.88 Å². The van der Waals surface area contributed by atoms with Crippen LogP contribution in [0.15, 0.2) is 24.3 Å². The summed E-state index contributed by atoms with van der Waals surface area (Å²) in [5.41, 5.74) is 7.88. The van der Waals surface area contributed by atoms with Gasteiger partial charge in [0, 0.05) is 43.5 Å². The van der Waals surface area contributed by atoms with Crippen LogP contribution in [0.25, 0.3) is 10.9 Å². The van der Waals surface area contributed by atoms with Crippen molar-refractivity contribution in [1.29, 1.82) is 0 Å². The molecule has 1 fully saturated rings. The first kappa shape index (κ1) is 19.8. The fourth-order valence-electron chi connectivity index (χ4n) is 3.19. The van der Waals surface area contributed by atoms with Crippen LogP contribution in [-0.2, 0) is 4.79 Å². The van der Waals surface area contributed by atoms with E-state index in [4.69, 9.17) is 22.3 Å². The number of halogens is 2. The van der Waals surface area contributed by atoms with Gasteiger partial charge in [0.05, 0.1) is 10.5 Å². The van der Waals surface area contributed by atoms with Crippen molar-refractivity contribution in [2.75, 3.05) is 25.0 Å². The molecular weight excluding hydrogens is 359 g/mol. The highest BCUT2D eigenvalue weighted by Crippen LogP contribution is 2.29. The van der Waals surface area contributed by atoms with Gasteiger partial charge in [0.1, 0.15) is 5.82 Å². The third kappa shape index (κ3) is 4.35. The van der Waals surface area contributed by atoms with Gasteiger partial charge in [-0.1, -0.05) is 23.7 Å². The number of rotatable bonds is 4. The molecule has 2 atom stereocenters. The van der Waals surface area contributed by atoms with Gasteiger partial charge in [-0.15, -0.1) is 12.4 Å². The zero-order valence-electron chi connectivity index (χ0n) is 14.5. The summed E-state index contributed by atoms with van der Waals surface area (Å²) in [6, 6.07) is 7.68. The number of amides is 1. The normalized spacial score (nSPS) is 18.1. The fourth-order valence-corrected chi connectivity index (χ4v) is 3.42. The van der Waals surface area contributed by atoms with Gasteiger partial charge in [-0.3, -0.25) is 4.79 Å². The molecule has 1 aromatic carbocycles. The number of carbonyl (C=O) groups is 1. The summed E-state index contributed by atoms with van der Waals surface area (Å²) in [5, 5.41) is 5.05. The standard InChI is InChI=1S/C18H23ClN4O.ClH/c1-11(20)15-8-14-4-3-5-16(19)17(14)22-18(15)21-9-13-6-7-23(10-13)12(2)24;/h3-5,8,11,13H,6-7,9-10,20H2,1-2H3,(H,21,22);1H/t11-,13-;/m0./s1. The Morgan fingerprint density at radius 1 is 1.52 bits per heavy atom. The number of hydrogen-bond donors (Lipinski definition) is 2. The minimum Gasteiger partial charge on any atom is -0.369 e. The van der Waals surface area contributed by atoms with E-state index in [2.05, 4.69) is 11.4 Å². The minimum atomic E-state index is -0.124. The molecule has 0 aliphatic carbocycles. The average molecular weight is 383 g/mol. The van der Waals surface area contributed by atoms with E-state index in [-0.39, 0.29) is 24.4 Å². The van der Waals surface area contributed by atoms with Crippen molar-refractivity contribution in [3.8, 4) is 0 Å². The van der Waals surface area contributed by atoms with Crippen LogP contribution in [-0.4, -0.2) is 35.4 Å². The van der Waals surface area contributed by atoms with E-state index < -0.39 is 0 Å². The first-order valence-electron chi connectivity index (χ1n) is 8.30. The van der Waals surface area contributed by atoms with Gasteiger partial charge in [-0.25, -0.2) is 4.98 Å². The number of hydrogen-bond acceptors (Lipinski definition) is 4. The number of anilines is 1. The van der Waals surface area contributed by atoms with Crippen molar-refractivity contribution < 1.29 is 4.79 Å². The lowest BCUT2D eigenvalue weighted by Crippen LogP contribution is -2.27. The number of para-hydroxylation sites is 1. The average Bonchev–Trinajstić information content (AvgIpc) is 3.02. The summed E-state index contributed by atoms with van der Waals surface area (Å²) in [5.74, 6) is 1.36. The summed E-state index contributed by atoms with van der Waals surface area (Å²) in [7, 11) is 0. The number of likely N-dealkylation sites (tertiary alicyclic amines) is 1. The van der Waals surface area contributed by atoms with Crippen LogP contribution in [0, 0.1) is 5.92 Å². The maximum atomic E-state index is 11.5. The Hall–Kier alpha value is -1.56. The van der Waals surface area contributed by atoms with Gasteiger partial charge in [0.2, 0.25) is 5.91 Å². The van der Waals surface area contributed by atoms with Crippen LogP contribution < -0.4 is 11.1 Å². The van der Waals surface area contributed by atoms with E-state index in [1.807, 2.05) is 30.0 Å². The van der Waals surface area contributed by atoms with E-state index in [1.165, 1.54) is 0 Å². The highest BCUT2D eigenvalue weighted by molar-refractivity contribution is 6.35. The molecule has 1 amide bonds. The van der Waals surface area contributed by atoms with Crippen LogP contribution in [0.3, 0.4) is 0 Å². The van der Waals surface area contributed by atoms with Gasteiger partial charge < -0.3 is 16.0 Å². The predicted molar refractivity (Wildman–Crippen MR) is 105 cm³/mol. The summed E-state index contributed by atoms with van der Waals surface area (Å²) in [6.45, 7) is 5.97. The lowest BCUT2D eigenvalue weighted by Gasteiger charge is -2.18. The molecule has 0 bridgehead atoms. The number of fused-ring (bicyclic) bond motifs is 1. The molecule has 5 nitrogen and oxygen atoms in total. The maximum Gasteiger partial charge on any atom is 0.219 e. The largest absolute Gasteiger partial charge is 0.369 e. The van der Waals surface area contributed by atoms with Crippen molar-refractivity contribution in [3.63, 3.8) is 0 Å². The lowest BCUT2D eigenvalue weighted by molar-refractivity contribution is -0.127. The van der Waals surface area contributed by atoms with Crippen molar-refractivity contribution in [3.05, 3.63) is 34.9 Å². The van der Waals surface area contributed by atoms with E-state index in [0.29, 0.717) is 10.9 Å². The molecule has 136 valence electrons. The molecule has 25 heavy (non-hydrogen) atoms. The predicted octanol–water partition coefficient (Wildman–Crippen LogP) is 3.61. The molecule has 1 aliphatic rings. The van der Waals surface area contributed by atoms with Crippen LogP contribution in [0.1, 0.15) is 31.9 Å². The SMILES string of the molecule is CC(=O)N1CC[C@@H](CNc2nc3c(Cl)cccc3cc2[C@H](C)N)C1.Cl. The molecule has 0 spiro atoms. The number of pyridine rings is 1. The zero-order chi connectivity index (χ0) is 17.3.